The van der Waals surface area contributed by atoms with E-state index in [1.54, 1.807) is 11.3 Å². The van der Waals surface area contributed by atoms with Gasteiger partial charge >= 0.3 is 0 Å². The monoisotopic (exact) mass is 379 g/mol. The molecule has 1 aliphatic rings. The Labute approximate surface area is 164 Å². The van der Waals surface area contributed by atoms with Gasteiger partial charge in [0.05, 0.1) is 17.1 Å². The minimum absolute atomic E-state index is 0.229. The number of carbonyl (C=O) groups is 1. The van der Waals surface area contributed by atoms with Crippen molar-refractivity contribution in [3.05, 3.63) is 64.1 Å². The molecule has 0 saturated carbocycles. The second-order valence-electron chi connectivity index (χ2n) is 7.10. The van der Waals surface area contributed by atoms with Crippen LogP contribution in [0, 0.1) is 0 Å². The Balaban J connectivity index is 1.31. The van der Waals surface area contributed by atoms with E-state index in [4.69, 9.17) is 0 Å². The zero-order chi connectivity index (χ0) is 18.6. The van der Waals surface area contributed by atoms with Gasteiger partial charge in [0.15, 0.2) is 0 Å². The Morgan fingerprint density at radius 1 is 1.07 bits per heavy atom. The molecule has 140 valence electrons. The van der Waals surface area contributed by atoms with E-state index >= 15 is 0 Å². The van der Waals surface area contributed by atoms with E-state index in [1.165, 1.54) is 15.8 Å². The highest BCUT2D eigenvalue weighted by Crippen LogP contribution is 2.17. The van der Waals surface area contributed by atoms with Gasteiger partial charge in [-0.15, -0.1) is 11.3 Å². The largest absolute Gasteiger partial charge is 0.340 e. The summed E-state index contributed by atoms with van der Waals surface area (Å²) >= 11 is 1.74. The van der Waals surface area contributed by atoms with E-state index in [-0.39, 0.29) is 5.91 Å². The summed E-state index contributed by atoms with van der Waals surface area (Å²) in [4.78, 5) is 21.8. The summed E-state index contributed by atoms with van der Waals surface area (Å²) < 4.78 is 0. The molecule has 1 aromatic heterocycles. The fraction of sp³-hybridized carbons (Fsp3) is 0.364. The number of carbonyl (C=O) groups excluding carboxylic acids is 1. The molecule has 1 fully saturated rings. The third kappa shape index (κ3) is 4.37. The minimum Gasteiger partial charge on any atom is -0.340 e. The molecule has 2 heterocycles. The second-order valence-corrected chi connectivity index (χ2v) is 8.04. The van der Waals surface area contributed by atoms with Gasteiger partial charge in [0.1, 0.15) is 0 Å². The first-order valence-electron chi connectivity index (χ1n) is 9.62. The summed E-state index contributed by atoms with van der Waals surface area (Å²) in [6.07, 6.45) is 1.48. The first kappa shape index (κ1) is 18.1. The summed E-state index contributed by atoms with van der Waals surface area (Å²) in [6, 6.07) is 14.6. The van der Waals surface area contributed by atoms with E-state index in [0.29, 0.717) is 6.42 Å². The first-order valence-corrected chi connectivity index (χ1v) is 10.5. The lowest BCUT2D eigenvalue weighted by atomic mass is 10.0. The van der Waals surface area contributed by atoms with E-state index in [2.05, 4.69) is 52.5 Å². The SMILES string of the molecule is CCc1nc(CN2CCN(C(=O)Cc3ccc4ccccc4c3)CC2)cs1. The molecule has 2 aromatic carbocycles. The fourth-order valence-electron chi connectivity index (χ4n) is 3.60. The molecule has 1 saturated heterocycles. The topological polar surface area (TPSA) is 36.4 Å². The molecule has 0 radical (unpaired) electrons. The van der Waals surface area contributed by atoms with Gasteiger partial charge in [0.2, 0.25) is 5.91 Å². The lowest BCUT2D eigenvalue weighted by molar-refractivity contribution is -0.132. The minimum atomic E-state index is 0.229. The predicted octanol–water partition coefficient (Wildman–Crippen LogP) is 3.75. The van der Waals surface area contributed by atoms with Gasteiger partial charge in [-0.2, -0.15) is 0 Å². The molecule has 0 spiro atoms. The number of hydrogen-bond acceptors (Lipinski definition) is 4. The van der Waals surface area contributed by atoms with E-state index in [1.807, 2.05) is 17.0 Å². The summed E-state index contributed by atoms with van der Waals surface area (Å²) in [5, 5.41) is 5.78. The van der Waals surface area contributed by atoms with Crippen molar-refractivity contribution in [2.75, 3.05) is 26.2 Å². The van der Waals surface area contributed by atoms with Crippen molar-refractivity contribution in [1.82, 2.24) is 14.8 Å². The van der Waals surface area contributed by atoms with Crippen LogP contribution in [0.1, 0.15) is 23.2 Å². The van der Waals surface area contributed by atoms with Gasteiger partial charge in [-0.3, -0.25) is 9.69 Å². The number of hydrogen-bond donors (Lipinski definition) is 0. The zero-order valence-electron chi connectivity index (χ0n) is 15.7. The van der Waals surface area contributed by atoms with E-state index < -0.39 is 0 Å². The van der Waals surface area contributed by atoms with Crippen LogP contribution >= 0.6 is 11.3 Å². The maximum absolute atomic E-state index is 12.7. The number of amides is 1. The lowest BCUT2D eigenvalue weighted by Gasteiger charge is -2.34. The highest BCUT2D eigenvalue weighted by Gasteiger charge is 2.21. The molecule has 0 aliphatic carbocycles. The smallest absolute Gasteiger partial charge is 0.227 e. The second kappa shape index (κ2) is 8.19. The van der Waals surface area contributed by atoms with Crippen LogP contribution in [-0.4, -0.2) is 46.9 Å². The molecular formula is C22H25N3OS. The fourth-order valence-corrected chi connectivity index (χ4v) is 4.34. The van der Waals surface area contributed by atoms with Crippen molar-refractivity contribution in [3.63, 3.8) is 0 Å². The highest BCUT2D eigenvalue weighted by atomic mass is 32.1. The molecule has 1 amide bonds. The van der Waals surface area contributed by atoms with Gasteiger partial charge in [-0.25, -0.2) is 4.98 Å². The molecule has 1 aliphatic heterocycles. The van der Waals surface area contributed by atoms with E-state index in [9.17, 15) is 4.79 Å². The van der Waals surface area contributed by atoms with Crippen molar-refractivity contribution in [3.8, 4) is 0 Å². The molecule has 27 heavy (non-hydrogen) atoms. The third-order valence-electron chi connectivity index (χ3n) is 5.18. The van der Waals surface area contributed by atoms with Gasteiger partial charge in [0, 0.05) is 38.1 Å². The predicted molar refractivity (Wildman–Crippen MR) is 111 cm³/mol. The molecule has 4 nitrogen and oxygen atoms in total. The Hall–Kier alpha value is -2.24. The number of benzene rings is 2. The summed E-state index contributed by atoms with van der Waals surface area (Å²) in [5.41, 5.74) is 2.25. The van der Waals surface area contributed by atoms with Crippen LogP contribution in [0.15, 0.2) is 47.8 Å². The Morgan fingerprint density at radius 3 is 2.59 bits per heavy atom. The summed E-state index contributed by atoms with van der Waals surface area (Å²) in [6.45, 7) is 6.48. The lowest BCUT2D eigenvalue weighted by Crippen LogP contribution is -2.48. The van der Waals surface area contributed by atoms with Gasteiger partial charge in [-0.05, 0) is 22.8 Å². The number of rotatable bonds is 5. The maximum Gasteiger partial charge on any atom is 0.227 e. The summed E-state index contributed by atoms with van der Waals surface area (Å²) in [7, 11) is 0. The number of thiazole rings is 1. The number of nitrogens with zero attached hydrogens (tertiary/aromatic N) is 3. The number of aromatic nitrogens is 1. The molecule has 4 rings (SSSR count). The molecule has 0 N–H and O–H groups in total. The van der Waals surface area contributed by atoms with Crippen molar-refractivity contribution in [1.29, 1.82) is 0 Å². The van der Waals surface area contributed by atoms with Crippen molar-refractivity contribution in [2.45, 2.75) is 26.3 Å². The first-order chi connectivity index (χ1) is 13.2. The molecule has 0 bridgehead atoms. The molecular weight excluding hydrogens is 354 g/mol. The Bertz CT molecular complexity index is 928. The van der Waals surface area contributed by atoms with Crippen molar-refractivity contribution < 1.29 is 4.79 Å². The maximum atomic E-state index is 12.7. The zero-order valence-corrected chi connectivity index (χ0v) is 16.5. The van der Waals surface area contributed by atoms with Crippen LogP contribution in [-0.2, 0) is 24.2 Å². The molecule has 0 unspecified atom stereocenters. The van der Waals surface area contributed by atoms with Crippen LogP contribution in [0.25, 0.3) is 10.8 Å². The van der Waals surface area contributed by atoms with Crippen molar-refractivity contribution in [2.24, 2.45) is 0 Å². The van der Waals surface area contributed by atoms with Crippen LogP contribution < -0.4 is 0 Å². The van der Waals surface area contributed by atoms with Crippen molar-refractivity contribution >= 4 is 28.0 Å². The van der Waals surface area contributed by atoms with E-state index in [0.717, 1.165) is 50.4 Å². The van der Waals surface area contributed by atoms with Gasteiger partial charge < -0.3 is 4.90 Å². The normalized spacial score (nSPS) is 15.4. The van der Waals surface area contributed by atoms with Gasteiger partial charge in [-0.1, -0.05) is 49.4 Å². The Morgan fingerprint density at radius 2 is 1.85 bits per heavy atom. The van der Waals surface area contributed by atoms with Crippen LogP contribution in [0.3, 0.4) is 0 Å². The molecule has 0 atom stereocenters. The average molecular weight is 380 g/mol. The number of aryl methyl sites for hydroxylation is 1. The quantitative estimate of drug-likeness (QED) is 0.677. The van der Waals surface area contributed by atoms with Crippen LogP contribution in [0.4, 0.5) is 0 Å². The van der Waals surface area contributed by atoms with Crippen LogP contribution in [0.2, 0.25) is 0 Å². The number of fused-ring (bicyclic) bond motifs is 1. The Kier molecular flexibility index (Phi) is 5.50. The standard InChI is InChI=1S/C22H25N3OS/c1-2-21-23-20(16-27-21)15-24-9-11-25(12-10-24)22(26)14-17-7-8-18-5-3-4-6-19(18)13-17/h3-8,13,16H,2,9-12,14-15H2,1H3. The average Bonchev–Trinajstić information content (AvgIpc) is 3.16. The molecule has 3 aromatic rings. The number of piperazine rings is 1. The third-order valence-corrected chi connectivity index (χ3v) is 6.22. The van der Waals surface area contributed by atoms with Gasteiger partial charge in [0.25, 0.3) is 0 Å². The molecule has 5 heteroatoms. The summed E-state index contributed by atoms with van der Waals surface area (Å²) in [5.74, 6) is 0.229. The highest BCUT2D eigenvalue weighted by molar-refractivity contribution is 7.09. The van der Waals surface area contributed by atoms with Crippen LogP contribution in [0.5, 0.6) is 0 Å².